The number of rotatable bonds is 5. The number of pyridine rings is 1. The Morgan fingerprint density at radius 2 is 1.65 bits per heavy atom. The van der Waals surface area contributed by atoms with Gasteiger partial charge >= 0.3 is 0 Å². The van der Waals surface area contributed by atoms with E-state index in [1.165, 1.54) is 22.3 Å². The second kappa shape index (κ2) is 8.14. The molecule has 2 aromatic carbocycles. The molecule has 158 valence electrons. The van der Waals surface area contributed by atoms with Gasteiger partial charge in [-0.15, -0.1) is 0 Å². The molecule has 4 aromatic rings. The maximum Gasteiger partial charge on any atom is 0.0920 e. The van der Waals surface area contributed by atoms with Crippen LogP contribution in [-0.4, -0.2) is 15.2 Å². The van der Waals surface area contributed by atoms with Crippen LogP contribution in [-0.2, 0) is 17.3 Å². The second-order valence-corrected chi connectivity index (χ2v) is 9.95. The normalized spacial score (nSPS) is 12.2. The van der Waals surface area contributed by atoms with E-state index in [0.717, 1.165) is 23.4 Å². The Hall–Kier alpha value is -3.20. The van der Waals surface area contributed by atoms with Crippen molar-refractivity contribution in [2.24, 2.45) is 0 Å². The molecule has 0 aliphatic rings. The third-order valence-electron chi connectivity index (χ3n) is 5.92. The van der Waals surface area contributed by atoms with E-state index in [0.29, 0.717) is 0 Å². The molecule has 31 heavy (non-hydrogen) atoms. The quantitative estimate of drug-likeness (QED) is 0.387. The lowest BCUT2D eigenvalue weighted by molar-refractivity contribution is 0.522. The number of hydrogen-bond acceptors (Lipinski definition) is 2. The van der Waals surface area contributed by atoms with E-state index in [1.807, 2.05) is 24.5 Å². The Morgan fingerprint density at radius 3 is 2.32 bits per heavy atom. The molecule has 0 amide bonds. The van der Waals surface area contributed by atoms with Crippen LogP contribution in [0.25, 0.3) is 22.5 Å². The lowest BCUT2D eigenvalue weighted by Crippen LogP contribution is -2.21. The molecule has 0 unspecified atom stereocenters. The lowest BCUT2D eigenvalue weighted by Gasteiger charge is -2.28. The molecule has 0 aliphatic heterocycles. The van der Waals surface area contributed by atoms with Crippen LogP contribution in [0.3, 0.4) is 0 Å². The van der Waals surface area contributed by atoms with Crippen molar-refractivity contribution in [3.8, 4) is 22.5 Å². The summed E-state index contributed by atoms with van der Waals surface area (Å²) >= 11 is 0. The van der Waals surface area contributed by atoms with E-state index in [2.05, 4.69) is 104 Å². The Kier molecular flexibility index (Phi) is 5.53. The van der Waals surface area contributed by atoms with Crippen molar-refractivity contribution in [1.82, 2.24) is 15.2 Å². The number of hydrogen-bond donors (Lipinski definition) is 1. The van der Waals surface area contributed by atoms with Gasteiger partial charge in [0.2, 0.25) is 0 Å². The van der Waals surface area contributed by atoms with Gasteiger partial charge in [-0.3, -0.25) is 10.1 Å². The van der Waals surface area contributed by atoms with Gasteiger partial charge in [0.15, 0.2) is 0 Å². The summed E-state index contributed by atoms with van der Waals surface area (Å²) in [6.45, 7) is 11.4. The minimum absolute atomic E-state index is 0.0169. The van der Waals surface area contributed by atoms with E-state index in [9.17, 15) is 0 Å². The first-order valence-corrected chi connectivity index (χ1v) is 10.9. The molecule has 3 nitrogen and oxygen atoms in total. The predicted molar refractivity (Wildman–Crippen MR) is 129 cm³/mol. The zero-order chi connectivity index (χ0) is 22.1. The lowest BCUT2D eigenvalue weighted by atomic mass is 9.76. The summed E-state index contributed by atoms with van der Waals surface area (Å²) in [5.41, 5.74) is 8.38. The molecule has 0 bridgehead atoms. The topological polar surface area (TPSA) is 41.6 Å². The molecule has 0 saturated heterocycles. The fourth-order valence-electron chi connectivity index (χ4n) is 4.22. The first kappa shape index (κ1) is 21.0. The fraction of sp³-hybridized carbons (Fsp3) is 0.286. The van der Waals surface area contributed by atoms with Crippen LogP contribution in [0.2, 0.25) is 0 Å². The van der Waals surface area contributed by atoms with Crippen molar-refractivity contribution in [3.05, 3.63) is 95.8 Å². The van der Waals surface area contributed by atoms with Gasteiger partial charge in [0.1, 0.15) is 0 Å². The van der Waals surface area contributed by atoms with Gasteiger partial charge in [0.25, 0.3) is 0 Å². The molecule has 0 saturated carbocycles. The van der Waals surface area contributed by atoms with Gasteiger partial charge in [-0.1, -0.05) is 71.0 Å². The molecule has 0 atom stereocenters. The first-order chi connectivity index (χ1) is 14.7. The molecule has 0 spiro atoms. The first-order valence-electron chi connectivity index (χ1n) is 10.9. The Balaban J connectivity index is 1.70. The Labute approximate surface area is 185 Å². The van der Waals surface area contributed by atoms with Crippen LogP contribution >= 0.6 is 0 Å². The van der Waals surface area contributed by atoms with Gasteiger partial charge in [-0.2, -0.15) is 5.10 Å². The van der Waals surface area contributed by atoms with E-state index in [-0.39, 0.29) is 10.8 Å². The molecule has 0 aliphatic carbocycles. The third-order valence-corrected chi connectivity index (χ3v) is 5.92. The molecule has 3 heteroatoms. The zero-order valence-electron chi connectivity index (χ0n) is 19.1. The molecule has 0 radical (unpaired) electrons. The standard InChI is InChI=1S/C28H31N3/c1-27(2,3)24-13-12-20(17-23(24)26-11-6-7-15-29-26)19-28(4,5)22-10-8-9-21(18-22)25-14-16-30-31-25/h6-18H,19H2,1-5H3,(H,30,31). The highest BCUT2D eigenvalue weighted by Gasteiger charge is 2.24. The smallest absolute Gasteiger partial charge is 0.0920 e. The van der Waals surface area contributed by atoms with Gasteiger partial charge in [0.05, 0.1) is 11.4 Å². The molecule has 2 heterocycles. The van der Waals surface area contributed by atoms with Crippen molar-refractivity contribution >= 4 is 0 Å². The maximum absolute atomic E-state index is 4.65. The van der Waals surface area contributed by atoms with Crippen molar-refractivity contribution in [3.63, 3.8) is 0 Å². The van der Waals surface area contributed by atoms with Crippen LogP contribution in [0.1, 0.15) is 51.3 Å². The van der Waals surface area contributed by atoms with E-state index in [4.69, 9.17) is 0 Å². The van der Waals surface area contributed by atoms with Crippen molar-refractivity contribution < 1.29 is 0 Å². The van der Waals surface area contributed by atoms with Crippen molar-refractivity contribution in [2.75, 3.05) is 0 Å². The van der Waals surface area contributed by atoms with Crippen LogP contribution in [0.4, 0.5) is 0 Å². The summed E-state index contributed by atoms with van der Waals surface area (Å²) in [4.78, 5) is 4.65. The largest absolute Gasteiger partial charge is 0.285 e. The van der Waals surface area contributed by atoms with Crippen LogP contribution in [0, 0.1) is 0 Å². The van der Waals surface area contributed by atoms with Gasteiger partial charge < -0.3 is 0 Å². The maximum atomic E-state index is 4.65. The number of nitrogens with one attached hydrogen (secondary N) is 1. The number of aromatic amines is 1. The summed E-state index contributed by atoms with van der Waals surface area (Å²) in [7, 11) is 0. The van der Waals surface area contributed by atoms with Crippen LogP contribution in [0.15, 0.2) is 79.1 Å². The Morgan fingerprint density at radius 1 is 0.806 bits per heavy atom. The second-order valence-electron chi connectivity index (χ2n) is 9.95. The highest BCUT2D eigenvalue weighted by atomic mass is 15.1. The van der Waals surface area contributed by atoms with E-state index in [1.54, 1.807) is 0 Å². The SMILES string of the molecule is CC(C)(C)c1ccc(CC(C)(C)c2cccc(-c3cc[nH]n3)c2)cc1-c1ccccn1. The average molecular weight is 410 g/mol. The number of aromatic nitrogens is 3. The molecule has 2 aromatic heterocycles. The molecular formula is C28H31N3. The van der Waals surface area contributed by atoms with Gasteiger partial charge in [-0.05, 0) is 64.3 Å². The average Bonchev–Trinajstić information content (AvgIpc) is 3.28. The number of benzene rings is 2. The summed E-state index contributed by atoms with van der Waals surface area (Å²) in [5, 5.41) is 7.25. The zero-order valence-corrected chi connectivity index (χ0v) is 19.1. The Bertz CT molecular complexity index is 1150. The van der Waals surface area contributed by atoms with Crippen LogP contribution < -0.4 is 0 Å². The minimum atomic E-state index is -0.0169. The summed E-state index contributed by atoms with van der Waals surface area (Å²) in [5.74, 6) is 0. The number of nitrogens with zero attached hydrogens (tertiary/aromatic N) is 2. The molecule has 1 N–H and O–H groups in total. The third kappa shape index (κ3) is 4.61. The number of H-pyrrole nitrogens is 1. The molecule has 0 fully saturated rings. The van der Waals surface area contributed by atoms with Crippen molar-refractivity contribution in [2.45, 2.75) is 51.9 Å². The van der Waals surface area contributed by atoms with E-state index < -0.39 is 0 Å². The summed E-state index contributed by atoms with van der Waals surface area (Å²) < 4.78 is 0. The van der Waals surface area contributed by atoms with Gasteiger partial charge in [-0.25, -0.2) is 0 Å². The van der Waals surface area contributed by atoms with E-state index >= 15 is 0 Å². The highest BCUT2D eigenvalue weighted by Crippen LogP contribution is 2.36. The monoisotopic (exact) mass is 409 g/mol. The summed E-state index contributed by atoms with van der Waals surface area (Å²) in [6, 6.07) is 23.8. The van der Waals surface area contributed by atoms with Crippen molar-refractivity contribution in [1.29, 1.82) is 0 Å². The van der Waals surface area contributed by atoms with Gasteiger partial charge in [0, 0.05) is 23.5 Å². The van der Waals surface area contributed by atoms with Crippen LogP contribution in [0.5, 0.6) is 0 Å². The predicted octanol–water partition coefficient (Wildman–Crippen LogP) is 6.96. The summed E-state index contributed by atoms with van der Waals surface area (Å²) in [6.07, 6.45) is 4.68. The highest BCUT2D eigenvalue weighted by molar-refractivity contribution is 5.66. The molecule has 4 rings (SSSR count). The fourth-order valence-corrected chi connectivity index (χ4v) is 4.22. The minimum Gasteiger partial charge on any atom is -0.285 e. The molecular weight excluding hydrogens is 378 g/mol.